The Hall–Kier alpha value is -0.900. The van der Waals surface area contributed by atoms with E-state index in [4.69, 9.17) is 4.74 Å². The highest BCUT2D eigenvalue weighted by atomic mass is 127. The molecule has 1 aliphatic heterocycles. The van der Waals surface area contributed by atoms with Crippen LogP contribution in [0, 0.1) is 5.92 Å². The first kappa shape index (κ1) is 26.1. The van der Waals surface area contributed by atoms with Gasteiger partial charge in [0.05, 0.1) is 19.3 Å². The van der Waals surface area contributed by atoms with Crippen molar-refractivity contribution in [1.29, 1.82) is 0 Å². The summed E-state index contributed by atoms with van der Waals surface area (Å²) in [5.41, 5.74) is 1.31. The van der Waals surface area contributed by atoms with Crippen molar-refractivity contribution in [3.63, 3.8) is 0 Å². The standard InChI is InChI=1S/C22H39N5O.HI/c1-18(2)15-20(27-11-13-28-14-12-27)16-24-22(23-3)25-17-21(26(4)5)19-9-7-6-8-10-19;/h6-10,18,20-21H,11-17H2,1-5H3,(H2,23,24,25);1H. The highest BCUT2D eigenvalue weighted by Gasteiger charge is 2.22. The van der Waals surface area contributed by atoms with Gasteiger partial charge in [0.2, 0.25) is 0 Å². The van der Waals surface area contributed by atoms with Crippen LogP contribution in [0.3, 0.4) is 0 Å². The van der Waals surface area contributed by atoms with Crippen LogP contribution in [0.4, 0.5) is 0 Å². The van der Waals surface area contributed by atoms with E-state index in [2.05, 4.69) is 83.7 Å². The second kappa shape index (κ2) is 14.2. The predicted molar refractivity (Wildman–Crippen MR) is 133 cm³/mol. The first-order valence-corrected chi connectivity index (χ1v) is 10.5. The van der Waals surface area contributed by atoms with Crippen molar-refractivity contribution in [2.45, 2.75) is 32.4 Å². The molecule has 166 valence electrons. The molecular weight excluding hydrogens is 477 g/mol. The third-order valence-corrected chi connectivity index (χ3v) is 5.30. The van der Waals surface area contributed by atoms with E-state index in [1.165, 1.54) is 12.0 Å². The van der Waals surface area contributed by atoms with Gasteiger partial charge in [0.15, 0.2) is 5.96 Å². The van der Waals surface area contributed by atoms with Gasteiger partial charge in [-0.2, -0.15) is 0 Å². The lowest BCUT2D eigenvalue weighted by molar-refractivity contribution is 0.0132. The third kappa shape index (κ3) is 9.19. The zero-order valence-electron chi connectivity index (χ0n) is 18.7. The topological polar surface area (TPSA) is 52.1 Å². The number of nitrogens with one attached hydrogen (secondary N) is 2. The number of likely N-dealkylation sites (N-methyl/N-ethyl adjacent to an activating group) is 1. The molecule has 0 bridgehead atoms. The molecule has 2 N–H and O–H groups in total. The van der Waals surface area contributed by atoms with Gasteiger partial charge in [-0.25, -0.2) is 0 Å². The van der Waals surface area contributed by atoms with Crippen molar-refractivity contribution >= 4 is 29.9 Å². The molecule has 2 unspecified atom stereocenters. The number of rotatable bonds is 9. The van der Waals surface area contributed by atoms with Crippen molar-refractivity contribution in [3.05, 3.63) is 35.9 Å². The molecule has 0 radical (unpaired) electrons. The van der Waals surface area contributed by atoms with Crippen LogP contribution in [0.2, 0.25) is 0 Å². The van der Waals surface area contributed by atoms with E-state index in [1.54, 1.807) is 0 Å². The molecule has 1 heterocycles. The third-order valence-electron chi connectivity index (χ3n) is 5.30. The van der Waals surface area contributed by atoms with Gasteiger partial charge in [-0.05, 0) is 32.0 Å². The number of ether oxygens (including phenoxy) is 1. The highest BCUT2D eigenvalue weighted by Crippen LogP contribution is 2.17. The van der Waals surface area contributed by atoms with Crippen LogP contribution >= 0.6 is 24.0 Å². The molecule has 1 saturated heterocycles. The monoisotopic (exact) mass is 517 g/mol. The number of nitrogens with zero attached hydrogens (tertiary/aromatic N) is 3. The van der Waals surface area contributed by atoms with Gasteiger partial charge < -0.3 is 20.3 Å². The molecule has 1 aromatic rings. The normalized spacial score (nSPS) is 17.7. The fourth-order valence-corrected chi connectivity index (χ4v) is 3.75. The lowest BCUT2D eigenvalue weighted by Gasteiger charge is -2.36. The zero-order valence-corrected chi connectivity index (χ0v) is 21.1. The first-order valence-electron chi connectivity index (χ1n) is 10.5. The second-order valence-electron chi connectivity index (χ2n) is 8.16. The molecule has 6 nitrogen and oxygen atoms in total. The van der Waals surface area contributed by atoms with Gasteiger partial charge in [0.25, 0.3) is 0 Å². The number of benzene rings is 1. The van der Waals surface area contributed by atoms with Crippen LogP contribution in [0.25, 0.3) is 0 Å². The average molecular weight is 518 g/mol. The summed E-state index contributed by atoms with van der Waals surface area (Å²) >= 11 is 0. The van der Waals surface area contributed by atoms with E-state index in [9.17, 15) is 0 Å². The number of morpholine rings is 1. The maximum Gasteiger partial charge on any atom is 0.191 e. The van der Waals surface area contributed by atoms with Gasteiger partial charge in [0.1, 0.15) is 0 Å². The van der Waals surface area contributed by atoms with Crippen LogP contribution in [-0.4, -0.2) is 82.3 Å². The predicted octanol–water partition coefficient (Wildman–Crippen LogP) is 2.82. The molecule has 7 heteroatoms. The van der Waals surface area contributed by atoms with Crippen LogP contribution < -0.4 is 10.6 Å². The van der Waals surface area contributed by atoms with E-state index in [-0.39, 0.29) is 24.0 Å². The number of hydrogen-bond acceptors (Lipinski definition) is 4. The molecule has 0 spiro atoms. The second-order valence-corrected chi connectivity index (χ2v) is 8.16. The van der Waals surface area contributed by atoms with Gasteiger partial charge in [-0.1, -0.05) is 44.2 Å². The Labute approximate surface area is 194 Å². The van der Waals surface area contributed by atoms with Crippen molar-refractivity contribution in [2.75, 3.05) is 60.5 Å². The quantitative estimate of drug-likeness (QED) is 0.300. The summed E-state index contributed by atoms with van der Waals surface area (Å²) in [6, 6.07) is 11.4. The fourth-order valence-electron chi connectivity index (χ4n) is 3.75. The number of halogens is 1. The molecule has 0 aromatic heterocycles. The molecule has 1 fully saturated rings. The molecule has 2 atom stereocenters. The molecule has 2 rings (SSSR count). The van der Waals surface area contributed by atoms with E-state index in [1.807, 2.05) is 7.05 Å². The number of aliphatic imine (C=N–C) groups is 1. The number of guanidine groups is 1. The van der Waals surface area contributed by atoms with Gasteiger partial charge in [0, 0.05) is 39.3 Å². The molecule has 0 amide bonds. The smallest absolute Gasteiger partial charge is 0.191 e. The Morgan fingerprint density at radius 1 is 1.10 bits per heavy atom. The van der Waals surface area contributed by atoms with Crippen LogP contribution in [0.15, 0.2) is 35.3 Å². The fraction of sp³-hybridized carbons (Fsp3) is 0.682. The minimum atomic E-state index is 0. The Morgan fingerprint density at radius 3 is 2.28 bits per heavy atom. The van der Waals surface area contributed by atoms with Crippen molar-refractivity contribution in [2.24, 2.45) is 10.9 Å². The van der Waals surface area contributed by atoms with Gasteiger partial charge in [-0.3, -0.25) is 9.89 Å². The Morgan fingerprint density at radius 2 is 1.72 bits per heavy atom. The van der Waals surface area contributed by atoms with E-state index >= 15 is 0 Å². The summed E-state index contributed by atoms with van der Waals surface area (Å²) < 4.78 is 5.53. The number of hydrogen-bond donors (Lipinski definition) is 2. The first-order chi connectivity index (χ1) is 13.5. The lowest BCUT2D eigenvalue weighted by Crippen LogP contribution is -2.51. The summed E-state index contributed by atoms with van der Waals surface area (Å²) in [6.45, 7) is 10.00. The van der Waals surface area contributed by atoms with Crippen molar-refractivity contribution < 1.29 is 4.74 Å². The minimum Gasteiger partial charge on any atom is -0.379 e. The molecule has 0 aliphatic carbocycles. The summed E-state index contributed by atoms with van der Waals surface area (Å²) in [4.78, 5) is 9.23. The molecular formula is C22H40IN5O. The lowest BCUT2D eigenvalue weighted by atomic mass is 10.0. The Kier molecular flexibility index (Phi) is 12.8. The SMILES string of the molecule is CN=C(NCC(c1ccccc1)N(C)C)NCC(CC(C)C)N1CCOCC1.I. The summed E-state index contributed by atoms with van der Waals surface area (Å²) in [5.74, 6) is 1.53. The Balaban J connectivity index is 0.00000420. The Bertz CT molecular complexity index is 576. The molecule has 1 aromatic carbocycles. The van der Waals surface area contributed by atoms with Crippen molar-refractivity contribution in [1.82, 2.24) is 20.4 Å². The maximum absolute atomic E-state index is 5.53. The summed E-state index contributed by atoms with van der Waals surface area (Å²) in [5, 5.41) is 7.07. The van der Waals surface area contributed by atoms with E-state index in [0.29, 0.717) is 18.0 Å². The molecule has 0 saturated carbocycles. The average Bonchev–Trinajstić information content (AvgIpc) is 2.70. The van der Waals surface area contributed by atoms with E-state index < -0.39 is 0 Å². The summed E-state index contributed by atoms with van der Waals surface area (Å²) in [6.07, 6.45) is 1.17. The molecule has 29 heavy (non-hydrogen) atoms. The zero-order chi connectivity index (χ0) is 20.4. The van der Waals surface area contributed by atoms with Gasteiger partial charge in [-0.15, -0.1) is 24.0 Å². The van der Waals surface area contributed by atoms with Crippen LogP contribution in [0.1, 0.15) is 31.9 Å². The molecule has 1 aliphatic rings. The summed E-state index contributed by atoms with van der Waals surface area (Å²) in [7, 11) is 6.08. The van der Waals surface area contributed by atoms with Gasteiger partial charge >= 0.3 is 0 Å². The van der Waals surface area contributed by atoms with Crippen molar-refractivity contribution in [3.8, 4) is 0 Å². The largest absolute Gasteiger partial charge is 0.379 e. The van der Waals surface area contributed by atoms with E-state index in [0.717, 1.165) is 45.4 Å². The highest BCUT2D eigenvalue weighted by molar-refractivity contribution is 14.0. The van der Waals surface area contributed by atoms with Crippen LogP contribution in [0.5, 0.6) is 0 Å². The maximum atomic E-state index is 5.53. The van der Waals surface area contributed by atoms with Crippen LogP contribution in [-0.2, 0) is 4.74 Å². The minimum absolute atomic E-state index is 0.